The number of hydrogen-bond donors (Lipinski definition) is 1. The summed E-state index contributed by atoms with van der Waals surface area (Å²) < 4.78 is 0. The Bertz CT molecular complexity index is 649. The predicted molar refractivity (Wildman–Crippen MR) is 58.9 cm³/mol. The van der Waals surface area contributed by atoms with Crippen LogP contribution in [0.15, 0.2) is 24.3 Å². The van der Waals surface area contributed by atoms with E-state index in [0.29, 0.717) is 11.1 Å². The standard InChI is InChI=1S/C12H4N4O/c13-5-10-8-3-1-7(17)2-4-9(8)11(6-14)12(10)16-15/h1-4H/p+1. The quantitative estimate of drug-likeness (QED) is 0.691. The molecule has 0 unspecified atom stereocenters. The van der Waals surface area contributed by atoms with Gasteiger partial charge in [-0.15, -0.1) is 0 Å². The Morgan fingerprint density at radius 3 is 1.76 bits per heavy atom. The molecule has 0 amide bonds. The molecule has 0 aromatic heterocycles. The van der Waals surface area contributed by atoms with Crippen LogP contribution >= 0.6 is 0 Å². The van der Waals surface area contributed by atoms with E-state index in [1.54, 1.807) is 0 Å². The van der Waals surface area contributed by atoms with E-state index in [1.807, 2.05) is 12.1 Å². The smallest absolute Gasteiger partial charge is 0.421 e. The average molecular weight is 221 g/mol. The zero-order valence-electron chi connectivity index (χ0n) is 8.55. The average Bonchev–Trinajstić information content (AvgIpc) is 2.52. The van der Waals surface area contributed by atoms with Crippen molar-refractivity contribution in [1.29, 1.82) is 15.9 Å². The molecule has 1 N–H and O–H groups in total. The van der Waals surface area contributed by atoms with Gasteiger partial charge in [-0.2, -0.15) is 10.5 Å². The number of nitriles is 2. The summed E-state index contributed by atoms with van der Waals surface area (Å²) in [5.41, 5.74) is 1.15. The van der Waals surface area contributed by atoms with E-state index in [1.165, 1.54) is 24.3 Å². The van der Waals surface area contributed by atoms with E-state index in [9.17, 15) is 5.11 Å². The van der Waals surface area contributed by atoms with Crippen molar-refractivity contribution < 1.29 is 5.11 Å². The Morgan fingerprint density at radius 2 is 1.41 bits per heavy atom. The molecule has 2 aliphatic carbocycles. The van der Waals surface area contributed by atoms with E-state index in [4.69, 9.17) is 15.9 Å². The first kappa shape index (κ1) is 10.4. The van der Waals surface area contributed by atoms with Gasteiger partial charge in [0.1, 0.15) is 17.9 Å². The second-order valence-electron chi connectivity index (χ2n) is 3.34. The fourth-order valence-electron chi connectivity index (χ4n) is 1.72. The summed E-state index contributed by atoms with van der Waals surface area (Å²) in [7, 11) is 0. The number of diazo groups is 1. The Labute approximate surface area is 96.7 Å². The van der Waals surface area contributed by atoms with Crippen LogP contribution in [0.25, 0.3) is 16.1 Å². The van der Waals surface area contributed by atoms with Crippen molar-refractivity contribution in [2.75, 3.05) is 0 Å². The molecule has 5 heteroatoms. The van der Waals surface area contributed by atoms with Crippen LogP contribution in [0.5, 0.6) is 5.75 Å². The fourth-order valence-corrected chi connectivity index (χ4v) is 1.72. The van der Waals surface area contributed by atoms with E-state index >= 15 is 0 Å². The molecule has 0 heterocycles. The molecule has 2 rings (SSSR count). The van der Waals surface area contributed by atoms with Crippen LogP contribution in [0.3, 0.4) is 0 Å². The first-order valence-electron chi connectivity index (χ1n) is 4.67. The van der Waals surface area contributed by atoms with Crippen molar-refractivity contribution in [2.45, 2.75) is 0 Å². The topological polar surface area (TPSA) is 96.0 Å². The number of hydrogen-bond acceptors (Lipinski definition) is 4. The van der Waals surface area contributed by atoms with E-state index in [-0.39, 0.29) is 22.6 Å². The first-order chi connectivity index (χ1) is 8.22. The molecule has 0 aliphatic heterocycles. The van der Waals surface area contributed by atoms with Gasteiger partial charge in [0.15, 0.2) is 16.1 Å². The molecule has 0 spiro atoms. The summed E-state index contributed by atoms with van der Waals surface area (Å²) in [5, 5.41) is 36.2. The predicted octanol–water partition coefficient (Wildman–Crippen LogP) is 2.72. The molecular weight excluding hydrogens is 216 g/mol. The van der Waals surface area contributed by atoms with Crippen molar-refractivity contribution in [3.8, 4) is 29.0 Å². The summed E-state index contributed by atoms with van der Waals surface area (Å²) >= 11 is 0. The Morgan fingerprint density at radius 1 is 0.941 bits per heavy atom. The second-order valence-corrected chi connectivity index (χ2v) is 3.34. The third-order valence-electron chi connectivity index (χ3n) is 2.47. The summed E-state index contributed by atoms with van der Waals surface area (Å²) in [5.74, 6) is 0.0245. The highest BCUT2D eigenvalue weighted by Gasteiger charge is 2.31. The zero-order valence-corrected chi connectivity index (χ0v) is 8.55. The molecular formula is C12H5N4O+. The first-order valence-corrected chi connectivity index (χ1v) is 4.67. The third kappa shape index (κ3) is 1.42. The number of aromatic hydroxyl groups is 1. The number of fused-ring (bicyclic) bond motifs is 1. The van der Waals surface area contributed by atoms with E-state index in [0.717, 1.165) is 0 Å². The van der Waals surface area contributed by atoms with Crippen LogP contribution < -0.4 is 0 Å². The van der Waals surface area contributed by atoms with Crippen molar-refractivity contribution in [3.05, 3.63) is 40.4 Å². The molecule has 0 saturated carbocycles. The van der Waals surface area contributed by atoms with Crippen LogP contribution in [-0.4, -0.2) is 5.11 Å². The molecule has 0 fully saturated rings. The molecule has 17 heavy (non-hydrogen) atoms. The van der Waals surface area contributed by atoms with Gasteiger partial charge in [-0.1, -0.05) is 0 Å². The monoisotopic (exact) mass is 221 g/mol. The minimum Gasteiger partial charge on any atom is -0.508 e. The molecule has 2 aliphatic rings. The summed E-state index contributed by atoms with van der Waals surface area (Å²) in [4.78, 5) is 2.98. The normalized spacial score (nSPS) is 9.24. The van der Waals surface area contributed by atoms with Crippen LogP contribution in [-0.2, 0) is 0 Å². The van der Waals surface area contributed by atoms with Gasteiger partial charge < -0.3 is 5.11 Å². The van der Waals surface area contributed by atoms with Crippen LogP contribution in [0.4, 0.5) is 5.69 Å². The maximum Gasteiger partial charge on any atom is 0.421 e. The zero-order chi connectivity index (χ0) is 12.4. The maximum atomic E-state index is 9.34. The molecule has 0 bridgehead atoms. The summed E-state index contributed by atoms with van der Waals surface area (Å²) in [6.07, 6.45) is 0. The SMILES string of the molecule is N#Cc1c2ccc(O)ccc-2c(C#N)c1[N+]#N. The lowest BCUT2D eigenvalue weighted by atomic mass is 10.1. The minimum absolute atomic E-state index is 0.0245. The molecule has 5 nitrogen and oxygen atoms in total. The van der Waals surface area contributed by atoms with Crippen molar-refractivity contribution in [2.24, 2.45) is 0 Å². The van der Waals surface area contributed by atoms with Crippen molar-refractivity contribution in [3.63, 3.8) is 0 Å². The molecule has 0 radical (unpaired) electrons. The van der Waals surface area contributed by atoms with Crippen LogP contribution in [0.2, 0.25) is 0 Å². The van der Waals surface area contributed by atoms with Gasteiger partial charge >= 0.3 is 5.69 Å². The van der Waals surface area contributed by atoms with Gasteiger partial charge in [-0.3, -0.25) is 0 Å². The summed E-state index contributed by atoms with van der Waals surface area (Å²) in [6.45, 7) is 0. The highest BCUT2D eigenvalue weighted by atomic mass is 16.3. The van der Waals surface area contributed by atoms with Crippen molar-refractivity contribution >= 4 is 5.69 Å². The number of rotatable bonds is 0. The van der Waals surface area contributed by atoms with E-state index in [2.05, 4.69) is 4.98 Å². The van der Waals surface area contributed by atoms with Gasteiger partial charge in [0, 0.05) is 11.1 Å². The van der Waals surface area contributed by atoms with Gasteiger partial charge in [-0.25, -0.2) is 0 Å². The molecule has 78 valence electrons. The Kier molecular flexibility index (Phi) is 2.33. The minimum atomic E-state index is -0.0318. The molecule has 0 aromatic rings. The lowest BCUT2D eigenvalue weighted by Gasteiger charge is -1.89. The highest BCUT2D eigenvalue weighted by Crippen LogP contribution is 2.41. The molecule has 0 atom stereocenters. The Balaban J connectivity index is 2.98. The highest BCUT2D eigenvalue weighted by molar-refractivity contribution is 5.91. The lowest BCUT2D eigenvalue weighted by Crippen LogP contribution is -1.72. The van der Waals surface area contributed by atoms with Gasteiger partial charge in [-0.05, 0) is 24.3 Å². The Hall–Kier alpha value is -3.10. The molecule has 0 aromatic carbocycles. The fraction of sp³-hybridized carbons (Fsp3) is 0. The van der Waals surface area contributed by atoms with E-state index < -0.39 is 0 Å². The van der Waals surface area contributed by atoms with Crippen molar-refractivity contribution in [1.82, 2.24) is 0 Å². The maximum absolute atomic E-state index is 9.34. The van der Waals surface area contributed by atoms with Gasteiger partial charge in [0.2, 0.25) is 5.39 Å². The van der Waals surface area contributed by atoms with Gasteiger partial charge in [0.25, 0.3) is 0 Å². The second kappa shape index (κ2) is 3.81. The third-order valence-corrected chi connectivity index (χ3v) is 2.47. The summed E-state index contributed by atoms with van der Waals surface area (Å²) in [6, 6.07) is 9.62. The number of nitrogens with zero attached hydrogens (tertiary/aromatic N) is 4. The van der Waals surface area contributed by atoms with Crippen LogP contribution in [0.1, 0.15) is 11.1 Å². The van der Waals surface area contributed by atoms with Gasteiger partial charge in [0.05, 0.1) is 0 Å². The van der Waals surface area contributed by atoms with Crippen LogP contribution in [0, 0.1) is 28.1 Å². The molecule has 0 saturated heterocycles. The largest absolute Gasteiger partial charge is 0.508 e. The lowest BCUT2D eigenvalue weighted by molar-refractivity contribution is 0.476.